The molecule has 2 N–H and O–H groups in total. The number of nitrogens with two attached hydrogens (primary N) is 1. The Balaban J connectivity index is 2.31. The summed E-state index contributed by atoms with van der Waals surface area (Å²) in [6, 6.07) is 6.37. The average molecular weight is 333 g/mol. The van der Waals surface area contributed by atoms with Crippen LogP contribution in [0.25, 0.3) is 10.9 Å². The summed E-state index contributed by atoms with van der Waals surface area (Å²) in [6.07, 6.45) is 1.97. The first kappa shape index (κ1) is 15.2. The van der Waals surface area contributed by atoms with Crippen molar-refractivity contribution in [3.63, 3.8) is 0 Å². The van der Waals surface area contributed by atoms with Gasteiger partial charge in [-0.25, -0.2) is 9.36 Å². The smallest absolute Gasteiger partial charge is 0.419 e. The van der Waals surface area contributed by atoms with Gasteiger partial charge in [-0.15, -0.1) is 0 Å². The number of carbonyl (C=O) groups excluding carboxylic acids is 2. The molecule has 0 saturated heterocycles. The summed E-state index contributed by atoms with van der Waals surface area (Å²) in [5.74, 6) is -0.434. The molecule has 7 heteroatoms. The van der Waals surface area contributed by atoms with E-state index in [4.69, 9.17) is 26.5 Å². The topological polar surface area (TPSA) is 87.5 Å². The lowest BCUT2D eigenvalue weighted by Crippen LogP contribution is -2.20. The second kappa shape index (κ2) is 5.81. The number of halogens is 1. The van der Waals surface area contributed by atoms with Crippen LogP contribution in [-0.4, -0.2) is 23.1 Å². The standard InChI is InChI=1S/C16H13ClN2O4/c1-2-23-16(21)19-12-7-10(17)3-4-11(12)13(18)14(19)15(20)9-5-6-22-8-9/h3-8H,2,18H2,1H3. The minimum absolute atomic E-state index is 0.0297. The molecule has 0 aliphatic rings. The maximum absolute atomic E-state index is 12.7. The minimum atomic E-state index is -0.691. The zero-order valence-corrected chi connectivity index (χ0v) is 13.0. The maximum Gasteiger partial charge on any atom is 0.419 e. The molecular weight excluding hydrogens is 320 g/mol. The number of furan rings is 1. The third-order valence-electron chi connectivity index (χ3n) is 3.42. The van der Waals surface area contributed by atoms with Crippen LogP contribution >= 0.6 is 11.6 Å². The Bertz CT molecular complexity index is 897. The Morgan fingerprint density at radius 2 is 2.13 bits per heavy atom. The highest BCUT2D eigenvalue weighted by atomic mass is 35.5. The predicted molar refractivity (Wildman–Crippen MR) is 85.9 cm³/mol. The number of ketones is 1. The van der Waals surface area contributed by atoms with Crippen LogP contribution in [0, 0.1) is 0 Å². The maximum atomic E-state index is 12.7. The van der Waals surface area contributed by atoms with Crippen LogP contribution in [0.5, 0.6) is 0 Å². The van der Waals surface area contributed by atoms with Gasteiger partial charge in [-0.2, -0.15) is 0 Å². The number of fused-ring (bicyclic) bond motifs is 1. The fraction of sp³-hybridized carbons (Fsp3) is 0.125. The quantitative estimate of drug-likeness (QED) is 0.739. The summed E-state index contributed by atoms with van der Waals surface area (Å²) in [6.45, 7) is 1.84. The Kier molecular flexibility index (Phi) is 3.83. The number of aromatic nitrogens is 1. The second-order valence-corrected chi connectivity index (χ2v) is 5.24. The Morgan fingerprint density at radius 3 is 2.78 bits per heavy atom. The van der Waals surface area contributed by atoms with Crippen LogP contribution < -0.4 is 5.73 Å². The molecule has 0 amide bonds. The number of ether oxygens (including phenoxy) is 1. The number of nitrogen functional groups attached to an aromatic ring is 1. The zero-order chi connectivity index (χ0) is 16.6. The lowest BCUT2D eigenvalue weighted by molar-refractivity contribution is 0.102. The van der Waals surface area contributed by atoms with Gasteiger partial charge in [-0.3, -0.25) is 4.79 Å². The lowest BCUT2D eigenvalue weighted by atomic mass is 10.1. The lowest BCUT2D eigenvalue weighted by Gasteiger charge is -2.08. The Labute approximate surface area is 136 Å². The number of carbonyl (C=O) groups is 2. The first-order valence-corrected chi connectivity index (χ1v) is 7.25. The number of rotatable bonds is 3. The Hall–Kier alpha value is -2.73. The van der Waals surface area contributed by atoms with Gasteiger partial charge in [-0.05, 0) is 31.2 Å². The van der Waals surface area contributed by atoms with E-state index >= 15 is 0 Å². The number of hydrogen-bond acceptors (Lipinski definition) is 5. The molecule has 0 bridgehead atoms. The van der Waals surface area contributed by atoms with Gasteiger partial charge in [0, 0.05) is 10.4 Å². The van der Waals surface area contributed by atoms with Gasteiger partial charge in [-0.1, -0.05) is 11.6 Å². The van der Waals surface area contributed by atoms with E-state index in [-0.39, 0.29) is 23.6 Å². The summed E-state index contributed by atoms with van der Waals surface area (Å²) in [5.41, 5.74) is 7.03. The summed E-state index contributed by atoms with van der Waals surface area (Å²) in [4.78, 5) is 25.1. The van der Waals surface area contributed by atoms with E-state index in [1.54, 1.807) is 25.1 Å². The van der Waals surface area contributed by atoms with Crippen molar-refractivity contribution >= 4 is 40.1 Å². The normalized spacial score (nSPS) is 10.9. The molecule has 0 spiro atoms. The van der Waals surface area contributed by atoms with Crippen molar-refractivity contribution in [2.24, 2.45) is 0 Å². The molecule has 6 nitrogen and oxygen atoms in total. The van der Waals surface area contributed by atoms with Crippen LogP contribution in [-0.2, 0) is 4.74 Å². The summed E-state index contributed by atoms with van der Waals surface area (Å²) in [5, 5.41) is 0.970. The van der Waals surface area contributed by atoms with Gasteiger partial charge in [0.05, 0.1) is 29.6 Å². The molecule has 1 aromatic carbocycles. The molecule has 3 aromatic rings. The van der Waals surface area contributed by atoms with E-state index in [1.807, 2.05) is 0 Å². The van der Waals surface area contributed by atoms with Gasteiger partial charge < -0.3 is 14.9 Å². The molecule has 3 rings (SSSR count). The van der Waals surface area contributed by atoms with Gasteiger partial charge in [0.15, 0.2) is 0 Å². The predicted octanol–water partition coefficient (Wildman–Crippen LogP) is 3.71. The fourth-order valence-electron chi connectivity index (χ4n) is 2.42. The van der Waals surface area contributed by atoms with Crippen molar-refractivity contribution in [1.29, 1.82) is 0 Å². The number of nitrogens with zero attached hydrogens (tertiary/aromatic N) is 1. The van der Waals surface area contributed by atoms with E-state index in [9.17, 15) is 9.59 Å². The molecule has 0 aliphatic carbocycles. The monoisotopic (exact) mass is 332 g/mol. The van der Waals surface area contributed by atoms with Crippen LogP contribution in [0.1, 0.15) is 23.0 Å². The second-order valence-electron chi connectivity index (χ2n) is 4.80. The van der Waals surface area contributed by atoms with Crippen molar-refractivity contribution in [1.82, 2.24) is 4.57 Å². The molecule has 0 saturated carbocycles. The summed E-state index contributed by atoms with van der Waals surface area (Å²) in [7, 11) is 0. The summed E-state index contributed by atoms with van der Waals surface area (Å²) < 4.78 is 11.1. The van der Waals surface area contributed by atoms with E-state index in [0.717, 1.165) is 4.57 Å². The molecule has 0 radical (unpaired) electrons. The molecule has 23 heavy (non-hydrogen) atoms. The van der Waals surface area contributed by atoms with Gasteiger partial charge in [0.25, 0.3) is 0 Å². The molecular formula is C16H13ClN2O4. The number of hydrogen-bond donors (Lipinski definition) is 1. The number of benzene rings is 1. The largest absolute Gasteiger partial charge is 0.472 e. The highest BCUT2D eigenvalue weighted by Crippen LogP contribution is 2.32. The first-order valence-electron chi connectivity index (χ1n) is 6.88. The minimum Gasteiger partial charge on any atom is -0.472 e. The third-order valence-corrected chi connectivity index (χ3v) is 3.65. The van der Waals surface area contributed by atoms with Gasteiger partial charge in [0.1, 0.15) is 12.0 Å². The SMILES string of the molecule is CCOC(=O)n1c(C(=O)c2ccoc2)c(N)c2ccc(Cl)cc21. The third kappa shape index (κ3) is 2.47. The summed E-state index contributed by atoms with van der Waals surface area (Å²) >= 11 is 6.01. The molecule has 2 aromatic heterocycles. The van der Waals surface area contributed by atoms with Crippen molar-refractivity contribution in [3.05, 3.63) is 53.1 Å². The van der Waals surface area contributed by atoms with Crippen molar-refractivity contribution < 1.29 is 18.7 Å². The highest BCUT2D eigenvalue weighted by Gasteiger charge is 2.27. The van der Waals surface area contributed by atoms with Crippen molar-refractivity contribution in [3.8, 4) is 0 Å². The highest BCUT2D eigenvalue weighted by molar-refractivity contribution is 6.31. The van der Waals surface area contributed by atoms with Crippen LogP contribution in [0.2, 0.25) is 5.02 Å². The first-order chi connectivity index (χ1) is 11.0. The molecule has 0 fully saturated rings. The van der Waals surface area contributed by atoms with Gasteiger partial charge >= 0.3 is 6.09 Å². The molecule has 118 valence electrons. The average Bonchev–Trinajstić information content (AvgIpc) is 3.13. The molecule has 0 atom stereocenters. The van der Waals surface area contributed by atoms with E-state index < -0.39 is 11.9 Å². The molecule has 0 unspecified atom stereocenters. The van der Waals surface area contributed by atoms with Crippen LogP contribution in [0.4, 0.5) is 10.5 Å². The Morgan fingerprint density at radius 1 is 1.35 bits per heavy atom. The van der Waals surface area contributed by atoms with Gasteiger partial charge in [0.2, 0.25) is 5.78 Å². The zero-order valence-electron chi connectivity index (χ0n) is 12.2. The number of anilines is 1. The van der Waals surface area contributed by atoms with E-state index in [0.29, 0.717) is 15.9 Å². The fourth-order valence-corrected chi connectivity index (χ4v) is 2.58. The van der Waals surface area contributed by atoms with Crippen LogP contribution in [0.15, 0.2) is 41.2 Å². The van der Waals surface area contributed by atoms with E-state index in [1.165, 1.54) is 18.6 Å². The van der Waals surface area contributed by atoms with Crippen molar-refractivity contribution in [2.75, 3.05) is 12.3 Å². The molecule has 2 heterocycles. The molecule has 0 aliphatic heterocycles. The van der Waals surface area contributed by atoms with E-state index in [2.05, 4.69) is 0 Å². The van der Waals surface area contributed by atoms with Crippen molar-refractivity contribution in [2.45, 2.75) is 6.92 Å². The van der Waals surface area contributed by atoms with Crippen LogP contribution in [0.3, 0.4) is 0 Å².